The van der Waals surface area contributed by atoms with Crippen molar-refractivity contribution in [3.8, 4) is 0 Å². The number of nitrogens with one attached hydrogen (secondary N) is 1. The maximum absolute atomic E-state index is 12.6. The van der Waals surface area contributed by atoms with Gasteiger partial charge in [-0.3, -0.25) is 4.79 Å². The number of hydrogen-bond donors (Lipinski definition) is 1. The molecule has 1 aliphatic heterocycles. The van der Waals surface area contributed by atoms with Crippen LogP contribution in [-0.4, -0.2) is 27.2 Å². The number of fused-ring (bicyclic) bond motifs is 1. The lowest BCUT2D eigenvalue weighted by molar-refractivity contribution is -0.119. The first-order valence-corrected chi connectivity index (χ1v) is 8.78. The van der Waals surface area contributed by atoms with Gasteiger partial charge in [0.15, 0.2) is 0 Å². The highest BCUT2D eigenvalue weighted by Gasteiger charge is 2.21. The summed E-state index contributed by atoms with van der Waals surface area (Å²) < 4.78 is 1.55. The fourth-order valence-electron chi connectivity index (χ4n) is 3.33. The van der Waals surface area contributed by atoms with E-state index in [1.807, 2.05) is 25.1 Å². The van der Waals surface area contributed by atoms with Crippen molar-refractivity contribution >= 4 is 17.3 Å². The number of aromatic nitrogens is 3. The average Bonchev–Trinajstić information content (AvgIpc) is 3.33. The van der Waals surface area contributed by atoms with E-state index < -0.39 is 6.04 Å². The summed E-state index contributed by atoms with van der Waals surface area (Å²) in [5.41, 5.74) is 4.61. The Morgan fingerprint density at radius 1 is 1.19 bits per heavy atom. The van der Waals surface area contributed by atoms with Gasteiger partial charge in [-0.1, -0.05) is 36.4 Å². The van der Waals surface area contributed by atoms with Crippen LogP contribution in [0.5, 0.6) is 0 Å². The predicted molar refractivity (Wildman–Crippen MR) is 101 cm³/mol. The minimum atomic E-state index is -0.418. The van der Waals surface area contributed by atoms with Crippen molar-refractivity contribution in [3.05, 3.63) is 72.3 Å². The average molecular weight is 347 g/mol. The molecule has 1 N–H and O–H groups in total. The largest absolute Gasteiger partial charge is 0.367 e. The highest BCUT2D eigenvalue weighted by Crippen LogP contribution is 2.30. The number of para-hydroxylation sites is 2. The van der Waals surface area contributed by atoms with Crippen molar-refractivity contribution in [2.24, 2.45) is 0 Å². The summed E-state index contributed by atoms with van der Waals surface area (Å²) in [6.45, 7) is 3.57. The Hall–Kier alpha value is -3.15. The lowest BCUT2D eigenvalue weighted by Crippen LogP contribution is -2.26. The molecule has 0 aliphatic carbocycles. The molecule has 0 unspecified atom stereocenters. The van der Waals surface area contributed by atoms with E-state index >= 15 is 0 Å². The van der Waals surface area contributed by atoms with Crippen LogP contribution in [-0.2, 0) is 17.8 Å². The van der Waals surface area contributed by atoms with Gasteiger partial charge in [0.25, 0.3) is 0 Å². The Labute approximate surface area is 152 Å². The van der Waals surface area contributed by atoms with Crippen LogP contribution in [0.15, 0.2) is 61.2 Å². The van der Waals surface area contributed by atoms with Crippen LogP contribution in [0.3, 0.4) is 0 Å². The van der Waals surface area contributed by atoms with Crippen LogP contribution in [0.1, 0.15) is 24.1 Å². The number of hydrogen-bond acceptors (Lipinski definition) is 4. The smallest absolute Gasteiger partial charge is 0.249 e. The maximum atomic E-state index is 12.6. The van der Waals surface area contributed by atoms with Gasteiger partial charge in [-0.25, -0.2) is 9.67 Å². The first-order valence-electron chi connectivity index (χ1n) is 8.78. The van der Waals surface area contributed by atoms with E-state index in [0.29, 0.717) is 0 Å². The van der Waals surface area contributed by atoms with Gasteiger partial charge in [0.05, 0.1) is 0 Å². The highest BCUT2D eigenvalue weighted by molar-refractivity contribution is 5.94. The van der Waals surface area contributed by atoms with Crippen molar-refractivity contribution in [2.75, 3.05) is 16.8 Å². The van der Waals surface area contributed by atoms with Crippen molar-refractivity contribution in [1.82, 2.24) is 14.8 Å². The molecule has 1 atom stereocenters. The zero-order valence-corrected chi connectivity index (χ0v) is 14.7. The molecule has 0 bridgehead atoms. The van der Waals surface area contributed by atoms with E-state index in [1.165, 1.54) is 17.6 Å². The summed E-state index contributed by atoms with van der Waals surface area (Å²) in [6, 6.07) is 16.1. The zero-order valence-electron chi connectivity index (χ0n) is 14.7. The van der Waals surface area contributed by atoms with E-state index in [2.05, 4.69) is 50.6 Å². The Morgan fingerprint density at radius 2 is 2.00 bits per heavy atom. The second-order valence-electron chi connectivity index (χ2n) is 6.50. The maximum Gasteiger partial charge on any atom is 0.249 e. The summed E-state index contributed by atoms with van der Waals surface area (Å²) in [7, 11) is 0. The molecule has 2 aromatic carbocycles. The zero-order chi connectivity index (χ0) is 17.9. The minimum Gasteiger partial charge on any atom is -0.367 e. The number of amides is 1. The van der Waals surface area contributed by atoms with Crippen LogP contribution >= 0.6 is 0 Å². The van der Waals surface area contributed by atoms with Crippen molar-refractivity contribution < 1.29 is 4.79 Å². The van der Waals surface area contributed by atoms with Crippen LogP contribution in [0, 0.1) is 0 Å². The Bertz CT molecular complexity index is 906. The monoisotopic (exact) mass is 347 g/mol. The van der Waals surface area contributed by atoms with E-state index in [-0.39, 0.29) is 5.91 Å². The molecule has 26 heavy (non-hydrogen) atoms. The molecule has 0 fully saturated rings. The molecule has 0 radical (unpaired) electrons. The fraction of sp³-hybridized carbons (Fsp3) is 0.250. The van der Waals surface area contributed by atoms with Gasteiger partial charge in [0.1, 0.15) is 18.7 Å². The molecule has 6 nitrogen and oxygen atoms in total. The lowest BCUT2D eigenvalue weighted by Gasteiger charge is -2.22. The normalized spacial score (nSPS) is 14.1. The summed E-state index contributed by atoms with van der Waals surface area (Å²) >= 11 is 0. The van der Waals surface area contributed by atoms with Crippen LogP contribution in [0.25, 0.3) is 0 Å². The first-order chi connectivity index (χ1) is 12.7. The molecule has 2 heterocycles. The van der Waals surface area contributed by atoms with Gasteiger partial charge < -0.3 is 10.2 Å². The second kappa shape index (κ2) is 7.00. The van der Waals surface area contributed by atoms with E-state index in [1.54, 1.807) is 11.0 Å². The lowest BCUT2D eigenvalue weighted by atomic mass is 10.1. The van der Waals surface area contributed by atoms with Crippen molar-refractivity contribution in [1.29, 1.82) is 0 Å². The van der Waals surface area contributed by atoms with Gasteiger partial charge >= 0.3 is 0 Å². The van der Waals surface area contributed by atoms with Crippen molar-refractivity contribution in [3.63, 3.8) is 0 Å². The molecule has 3 aromatic rings. The Morgan fingerprint density at radius 3 is 2.85 bits per heavy atom. The van der Waals surface area contributed by atoms with Gasteiger partial charge in [0, 0.05) is 24.5 Å². The predicted octanol–water partition coefficient (Wildman–Crippen LogP) is 3.04. The van der Waals surface area contributed by atoms with Gasteiger partial charge in [-0.05, 0) is 36.6 Å². The van der Waals surface area contributed by atoms with Crippen LogP contribution in [0.2, 0.25) is 0 Å². The van der Waals surface area contributed by atoms with Crippen LogP contribution < -0.4 is 10.2 Å². The van der Waals surface area contributed by atoms with Crippen molar-refractivity contribution in [2.45, 2.75) is 25.9 Å². The SMILES string of the molecule is C[C@@H](C(=O)Nc1ccccc1CN1CCc2ccccc21)n1cncn1. The molecular formula is C20H21N5O. The molecular weight excluding hydrogens is 326 g/mol. The number of rotatable bonds is 5. The number of carbonyl (C=O) groups excluding carboxylic acids is 1. The number of carbonyl (C=O) groups is 1. The molecule has 132 valence electrons. The number of benzene rings is 2. The Balaban J connectivity index is 1.52. The van der Waals surface area contributed by atoms with E-state index in [9.17, 15) is 4.79 Å². The number of nitrogens with zero attached hydrogens (tertiary/aromatic N) is 4. The fourth-order valence-corrected chi connectivity index (χ4v) is 3.33. The molecule has 0 spiro atoms. The third kappa shape index (κ3) is 3.18. The third-order valence-corrected chi connectivity index (χ3v) is 4.83. The molecule has 4 rings (SSSR count). The number of anilines is 2. The van der Waals surface area contributed by atoms with Gasteiger partial charge in [0.2, 0.25) is 5.91 Å². The molecule has 6 heteroatoms. The topological polar surface area (TPSA) is 63.1 Å². The first kappa shape index (κ1) is 16.3. The minimum absolute atomic E-state index is 0.107. The molecule has 1 aliphatic rings. The molecule has 1 aromatic heterocycles. The third-order valence-electron chi connectivity index (χ3n) is 4.83. The van der Waals surface area contributed by atoms with Crippen LogP contribution in [0.4, 0.5) is 11.4 Å². The van der Waals surface area contributed by atoms with Gasteiger partial charge in [-0.2, -0.15) is 5.10 Å². The summed E-state index contributed by atoms with van der Waals surface area (Å²) in [6.07, 6.45) is 4.05. The van der Waals surface area contributed by atoms with E-state index in [0.717, 1.165) is 30.8 Å². The molecule has 1 amide bonds. The highest BCUT2D eigenvalue weighted by atomic mass is 16.2. The second-order valence-corrected chi connectivity index (χ2v) is 6.50. The molecule has 0 saturated heterocycles. The Kier molecular flexibility index (Phi) is 4.39. The summed E-state index contributed by atoms with van der Waals surface area (Å²) in [4.78, 5) is 18.9. The molecule has 0 saturated carbocycles. The standard InChI is InChI=1S/C20H21N5O/c1-15(25-14-21-13-22-25)20(26)23-18-8-4-2-7-17(18)12-24-11-10-16-6-3-5-9-19(16)24/h2-9,13-15H,10-12H2,1H3,(H,23,26)/t15-/m0/s1. The quantitative estimate of drug-likeness (QED) is 0.770. The van der Waals surface area contributed by atoms with E-state index in [4.69, 9.17) is 0 Å². The summed E-state index contributed by atoms with van der Waals surface area (Å²) in [5, 5.41) is 7.09. The summed E-state index contributed by atoms with van der Waals surface area (Å²) in [5.74, 6) is -0.107. The van der Waals surface area contributed by atoms with Gasteiger partial charge in [-0.15, -0.1) is 0 Å².